The molecule has 0 N–H and O–H groups in total. The van der Waals surface area contributed by atoms with E-state index in [1.54, 1.807) is 10.9 Å². The maximum atomic E-state index is 13.2. The molecule has 2 aromatic rings. The number of aromatic nitrogens is 3. The molecule has 2 aliphatic rings. The molecule has 0 saturated carbocycles. The summed E-state index contributed by atoms with van der Waals surface area (Å²) in [4.78, 5) is 36.1. The summed E-state index contributed by atoms with van der Waals surface area (Å²) >= 11 is 0. The fourth-order valence-electron chi connectivity index (χ4n) is 4.29. The number of piperazine rings is 1. The first kappa shape index (κ1) is 19.6. The van der Waals surface area contributed by atoms with E-state index in [4.69, 9.17) is 0 Å². The fraction of sp³-hybridized carbons (Fsp3) is 0.524. The van der Waals surface area contributed by atoms with E-state index in [0.717, 1.165) is 36.6 Å². The molecule has 2 amide bonds. The molecular weight excluding hydrogens is 368 g/mol. The Hall–Kier alpha value is -2.74. The predicted octanol–water partition coefficient (Wildman–Crippen LogP) is 1.39. The Morgan fingerprint density at radius 3 is 2.45 bits per heavy atom. The highest BCUT2D eigenvalue weighted by Gasteiger charge is 2.37. The van der Waals surface area contributed by atoms with Crippen LogP contribution in [0.5, 0.6) is 0 Å². The minimum atomic E-state index is -0.128. The van der Waals surface area contributed by atoms with E-state index in [-0.39, 0.29) is 17.9 Å². The van der Waals surface area contributed by atoms with Gasteiger partial charge >= 0.3 is 0 Å². The van der Waals surface area contributed by atoms with Gasteiger partial charge in [0.15, 0.2) is 0 Å². The van der Waals surface area contributed by atoms with E-state index in [2.05, 4.69) is 15.0 Å². The average molecular weight is 396 g/mol. The van der Waals surface area contributed by atoms with Gasteiger partial charge in [0.1, 0.15) is 5.82 Å². The highest BCUT2D eigenvalue weighted by Crippen LogP contribution is 2.25. The number of hydrogen-bond donors (Lipinski definition) is 0. The van der Waals surface area contributed by atoms with Gasteiger partial charge in [0.05, 0.1) is 17.3 Å². The SMILES string of the molecule is Cc1ccc(C(=O)N2CCN(C3CCCN(c4cc(C)nn4C)C3=O)CC2)cn1. The van der Waals surface area contributed by atoms with E-state index < -0.39 is 0 Å². The first-order chi connectivity index (χ1) is 13.9. The van der Waals surface area contributed by atoms with Gasteiger partial charge in [0.2, 0.25) is 5.91 Å². The third-order valence-corrected chi connectivity index (χ3v) is 5.86. The molecule has 1 atom stereocenters. The van der Waals surface area contributed by atoms with Gasteiger partial charge in [-0.1, -0.05) is 0 Å². The molecule has 0 radical (unpaired) electrons. The molecule has 4 heterocycles. The van der Waals surface area contributed by atoms with Gasteiger partial charge in [-0.2, -0.15) is 5.10 Å². The number of rotatable bonds is 3. The van der Waals surface area contributed by atoms with Crippen LogP contribution >= 0.6 is 0 Å². The number of pyridine rings is 1. The van der Waals surface area contributed by atoms with E-state index in [1.807, 2.05) is 48.9 Å². The number of carbonyl (C=O) groups excluding carboxylic acids is 2. The Kier molecular flexibility index (Phi) is 5.36. The number of carbonyl (C=O) groups is 2. The third-order valence-electron chi connectivity index (χ3n) is 5.86. The van der Waals surface area contributed by atoms with E-state index in [9.17, 15) is 9.59 Å². The van der Waals surface area contributed by atoms with Crippen molar-refractivity contribution < 1.29 is 9.59 Å². The second kappa shape index (κ2) is 7.94. The van der Waals surface area contributed by atoms with Crippen LogP contribution in [0.3, 0.4) is 0 Å². The van der Waals surface area contributed by atoms with Crippen LogP contribution in [-0.2, 0) is 11.8 Å². The lowest BCUT2D eigenvalue weighted by molar-refractivity contribution is -0.126. The molecule has 0 aliphatic carbocycles. The number of piperidine rings is 1. The van der Waals surface area contributed by atoms with Crippen LogP contribution in [0.25, 0.3) is 0 Å². The summed E-state index contributed by atoms with van der Waals surface area (Å²) in [6, 6.07) is 5.53. The summed E-state index contributed by atoms with van der Waals surface area (Å²) in [7, 11) is 1.88. The van der Waals surface area contributed by atoms with Crippen LogP contribution in [0.2, 0.25) is 0 Å². The Morgan fingerprint density at radius 1 is 1.07 bits per heavy atom. The molecule has 2 saturated heterocycles. The van der Waals surface area contributed by atoms with Gasteiger partial charge < -0.3 is 4.90 Å². The highest BCUT2D eigenvalue weighted by molar-refractivity contribution is 5.97. The zero-order chi connectivity index (χ0) is 20.5. The van der Waals surface area contributed by atoms with Crippen molar-refractivity contribution >= 4 is 17.6 Å². The summed E-state index contributed by atoms with van der Waals surface area (Å²) in [5, 5.41) is 4.38. The minimum Gasteiger partial charge on any atom is -0.336 e. The van der Waals surface area contributed by atoms with E-state index in [1.165, 1.54) is 0 Å². The summed E-state index contributed by atoms with van der Waals surface area (Å²) < 4.78 is 1.78. The number of anilines is 1. The third kappa shape index (κ3) is 3.89. The van der Waals surface area contributed by atoms with Crippen LogP contribution in [0.15, 0.2) is 24.4 Å². The fourth-order valence-corrected chi connectivity index (χ4v) is 4.29. The van der Waals surface area contributed by atoms with E-state index in [0.29, 0.717) is 31.7 Å². The van der Waals surface area contributed by atoms with Gasteiger partial charge in [0.25, 0.3) is 5.91 Å². The van der Waals surface area contributed by atoms with Crippen molar-refractivity contribution in [2.75, 3.05) is 37.6 Å². The van der Waals surface area contributed by atoms with Crippen molar-refractivity contribution in [1.82, 2.24) is 24.6 Å². The largest absolute Gasteiger partial charge is 0.336 e. The van der Waals surface area contributed by atoms with Crippen LogP contribution in [0.4, 0.5) is 5.82 Å². The molecule has 8 heteroatoms. The first-order valence-corrected chi connectivity index (χ1v) is 10.2. The summed E-state index contributed by atoms with van der Waals surface area (Å²) in [6.45, 7) is 7.24. The highest BCUT2D eigenvalue weighted by atomic mass is 16.2. The molecular formula is C21H28N6O2. The zero-order valence-electron chi connectivity index (χ0n) is 17.3. The summed E-state index contributed by atoms with van der Waals surface area (Å²) in [5.41, 5.74) is 2.43. The molecule has 2 aliphatic heterocycles. The van der Waals surface area contributed by atoms with E-state index >= 15 is 0 Å². The van der Waals surface area contributed by atoms with Crippen molar-refractivity contribution in [2.45, 2.75) is 32.7 Å². The van der Waals surface area contributed by atoms with Crippen molar-refractivity contribution in [2.24, 2.45) is 7.05 Å². The van der Waals surface area contributed by atoms with Gasteiger partial charge in [-0.15, -0.1) is 0 Å². The van der Waals surface area contributed by atoms with Gasteiger partial charge in [-0.3, -0.25) is 29.1 Å². The van der Waals surface area contributed by atoms with Crippen molar-refractivity contribution in [3.05, 3.63) is 41.3 Å². The monoisotopic (exact) mass is 396 g/mol. The Bertz CT molecular complexity index is 898. The summed E-state index contributed by atoms with van der Waals surface area (Å²) in [5.74, 6) is 1.01. The lowest BCUT2D eigenvalue weighted by Gasteiger charge is -2.42. The molecule has 0 spiro atoms. The van der Waals surface area contributed by atoms with Gasteiger partial charge in [0, 0.05) is 57.7 Å². The normalized spacial score (nSPS) is 20.9. The number of hydrogen-bond acceptors (Lipinski definition) is 5. The molecule has 8 nitrogen and oxygen atoms in total. The van der Waals surface area contributed by atoms with Crippen molar-refractivity contribution in [3.63, 3.8) is 0 Å². The number of aryl methyl sites for hydroxylation is 3. The molecule has 4 rings (SSSR count). The molecule has 29 heavy (non-hydrogen) atoms. The Labute approximate surface area is 171 Å². The molecule has 0 aromatic carbocycles. The van der Waals surface area contributed by atoms with Crippen LogP contribution in [0.1, 0.15) is 34.6 Å². The second-order valence-corrected chi connectivity index (χ2v) is 7.93. The molecule has 2 fully saturated rings. The first-order valence-electron chi connectivity index (χ1n) is 10.2. The molecule has 0 bridgehead atoms. The van der Waals surface area contributed by atoms with Crippen LogP contribution in [0, 0.1) is 13.8 Å². The predicted molar refractivity (Wildman–Crippen MR) is 110 cm³/mol. The molecule has 2 aromatic heterocycles. The number of nitrogens with zero attached hydrogens (tertiary/aromatic N) is 6. The topological polar surface area (TPSA) is 74.6 Å². The lowest BCUT2D eigenvalue weighted by atomic mass is 10.0. The molecule has 1 unspecified atom stereocenters. The average Bonchev–Trinajstić information content (AvgIpc) is 3.06. The second-order valence-electron chi connectivity index (χ2n) is 7.93. The quantitative estimate of drug-likeness (QED) is 0.784. The maximum Gasteiger partial charge on any atom is 0.255 e. The molecule has 154 valence electrons. The standard InChI is InChI=1S/C21H28N6O2/c1-15-6-7-17(14-22-15)20(28)26-11-9-25(10-12-26)18-5-4-8-27(21(18)29)19-13-16(2)23-24(19)3/h6-7,13-14,18H,4-5,8-12H2,1-3H3. The Balaban J connectivity index is 1.40. The van der Waals surface area contributed by atoms with Crippen LogP contribution in [-0.4, -0.2) is 75.1 Å². The van der Waals surface area contributed by atoms with Crippen molar-refractivity contribution in [3.8, 4) is 0 Å². The van der Waals surface area contributed by atoms with Gasteiger partial charge in [-0.25, -0.2) is 0 Å². The lowest BCUT2D eigenvalue weighted by Crippen LogP contribution is -2.58. The zero-order valence-corrected chi connectivity index (χ0v) is 17.3. The Morgan fingerprint density at radius 2 is 1.83 bits per heavy atom. The number of amides is 2. The smallest absolute Gasteiger partial charge is 0.255 e. The maximum absolute atomic E-state index is 13.2. The van der Waals surface area contributed by atoms with Crippen molar-refractivity contribution in [1.29, 1.82) is 0 Å². The summed E-state index contributed by atoms with van der Waals surface area (Å²) in [6.07, 6.45) is 3.47. The van der Waals surface area contributed by atoms with Crippen LogP contribution < -0.4 is 4.90 Å². The minimum absolute atomic E-state index is 0.0131. The van der Waals surface area contributed by atoms with Gasteiger partial charge in [-0.05, 0) is 38.8 Å².